The Morgan fingerprint density at radius 2 is 2.12 bits per heavy atom. The van der Waals surface area contributed by atoms with Gasteiger partial charge in [-0.3, -0.25) is 0 Å². The van der Waals surface area contributed by atoms with E-state index in [0.717, 1.165) is 17.8 Å². The van der Waals surface area contributed by atoms with Gasteiger partial charge in [-0.1, -0.05) is 22.4 Å². The SMILES string of the molecule is Brc1ccc2[nH]cc(C3CC4CCC3C4)c2c1. The zero-order chi connectivity index (χ0) is 11.4. The Balaban J connectivity index is 1.83. The molecule has 4 rings (SSSR count). The van der Waals surface area contributed by atoms with Crippen molar-refractivity contribution in [2.45, 2.75) is 31.6 Å². The number of rotatable bonds is 1. The molecule has 1 nitrogen and oxygen atoms in total. The van der Waals surface area contributed by atoms with Crippen LogP contribution in [0, 0.1) is 11.8 Å². The van der Waals surface area contributed by atoms with Gasteiger partial charge in [0, 0.05) is 21.6 Å². The highest BCUT2D eigenvalue weighted by atomic mass is 79.9. The summed E-state index contributed by atoms with van der Waals surface area (Å²) >= 11 is 3.59. The van der Waals surface area contributed by atoms with E-state index in [-0.39, 0.29) is 0 Å². The Morgan fingerprint density at radius 3 is 2.88 bits per heavy atom. The van der Waals surface area contributed by atoms with Crippen LogP contribution in [0.3, 0.4) is 0 Å². The largest absolute Gasteiger partial charge is 0.361 e. The molecule has 2 bridgehead atoms. The summed E-state index contributed by atoms with van der Waals surface area (Å²) in [5.74, 6) is 2.79. The Labute approximate surface area is 110 Å². The lowest BCUT2D eigenvalue weighted by Crippen LogP contribution is -2.07. The highest BCUT2D eigenvalue weighted by Crippen LogP contribution is 2.53. The van der Waals surface area contributed by atoms with Crippen LogP contribution in [0.5, 0.6) is 0 Å². The van der Waals surface area contributed by atoms with Crippen molar-refractivity contribution in [1.29, 1.82) is 0 Å². The molecule has 1 aromatic carbocycles. The predicted octanol–water partition coefficient (Wildman–Crippen LogP) is 4.83. The molecule has 0 aliphatic heterocycles. The molecule has 2 aromatic rings. The van der Waals surface area contributed by atoms with Crippen LogP contribution in [0.15, 0.2) is 28.9 Å². The van der Waals surface area contributed by atoms with E-state index in [4.69, 9.17) is 0 Å². The van der Waals surface area contributed by atoms with Gasteiger partial charge in [0.2, 0.25) is 0 Å². The Kier molecular flexibility index (Phi) is 2.17. The monoisotopic (exact) mass is 289 g/mol. The fourth-order valence-electron chi connectivity index (χ4n) is 4.05. The van der Waals surface area contributed by atoms with Gasteiger partial charge in [-0.2, -0.15) is 0 Å². The van der Waals surface area contributed by atoms with Crippen molar-refractivity contribution in [3.8, 4) is 0 Å². The van der Waals surface area contributed by atoms with Crippen LogP contribution in [0.2, 0.25) is 0 Å². The van der Waals surface area contributed by atoms with Crippen LogP contribution in [-0.2, 0) is 0 Å². The molecule has 2 saturated carbocycles. The van der Waals surface area contributed by atoms with E-state index in [1.165, 1.54) is 41.1 Å². The molecule has 2 aliphatic carbocycles. The van der Waals surface area contributed by atoms with Crippen LogP contribution in [0.25, 0.3) is 10.9 Å². The normalized spacial score (nSPS) is 31.5. The molecule has 1 heterocycles. The molecule has 0 saturated heterocycles. The molecule has 1 aromatic heterocycles. The number of aromatic nitrogens is 1. The van der Waals surface area contributed by atoms with Crippen LogP contribution >= 0.6 is 15.9 Å². The summed E-state index contributed by atoms with van der Waals surface area (Å²) in [6, 6.07) is 6.56. The van der Waals surface area contributed by atoms with Crippen molar-refractivity contribution in [1.82, 2.24) is 4.98 Å². The molecule has 3 unspecified atom stereocenters. The third kappa shape index (κ3) is 1.50. The summed E-state index contributed by atoms with van der Waals surface area (Å²) in [6.45, 7) is 0. The van der Waals surface area contributed by atoms with Gasteiger partial charge in [0.05, 0.1) is 0 Å². The van der Waals surface area contributed by atoms with E-state index < -0.39 is 0 Å². The number of aromatic amines is 1. The Morgan fingerprint density at radius 1 is 1.18 bits per heavy atom. The van der Waals surface area contributed by atoms with E-state index in [1.807, 2.05) is 0 Å². The van der Waals surface area contributed by atoms with Gasteiger partial charge < -0.3 is 4.98 Å². The molecule has 2 fully saturated rings. The number of halogens is 1. The quantitative estimate of drug-likeness (QED) is 0.774. The fraction of sp³-hybridized carbons (Fsp3) is 0.467. The summed E-state index contributed by atoms with van der Waals surface area (Å²) in [7, 11) is 0. The summed E-state index contributed by atoms with van der Waals surface area (Å²) < 4.78 is 1.19. The van der Waals surface area contributed by atoms with Crippen LogP contribution in [0.4, 0.5) is 0 Å². The number of fused-ring (bicyclic) bond motifs is 3. The summed E-state index contributed by atoms with van der Waals surface area (Å²) in [5, 5.41) is 1.43. The molecule has 0 spiro atoms. The maximum atomic E-state index is 3.59. The topological polar surface area (TPSA) is 15.8 Å². The average molecular weight is 290 g/mol. The molecule has 0 amide bonds. The molecule has 2 heteroatoms. The minimum Gasteiger partial charge on any atom is -0.361 e. The number of benzene rings is 1. The highest BCUT2D eigenvalue weighted by molar-refractivity contribution is 9.10. The molecule has 2 aliphatic rings. The second kappa shape index (κ2) is 3.61. The molecule has 1 N–H and O–H groups in total. The van der Waals surface area contributed by atoms with E-state index in [2.05, 4.69) is 45.3 Å². The average Bonchev–Trinajstić information content (AvgIpc) is 3.01. The Hall–Kier alpha value is -0.760. The third-order valence-electron chi connectivity index (χ3n) is 4.81. The lowest BCUT2D eigenvalue weighted by atomic mass is 9.83. The first-order valence-electron chi connectivity index (χ1n) is 6.58. The Bertz CT molecular complexity index is 571. The van der Waals surface area contributed by atoms with Gasteiger partial charge in [-0.05, 0) is 60.8 Å². The lowest BCUT2D eigenvalue weighted by molar-refractivity contribution is 0.422. The zero-order valence-electron chi connectivity index (χ0n) is 9.75. The molecule has 0 radical (unpaired) electrons. The smallest absolute Gasteiger partial charge is 0.0457 e. The molecule has 17 heavy (non-hydrogen) atoms. The van der Waals surface area contributed by atoms with Gasteiger partial charge >= 0.3 is 0 Å². The van der Waals surface area contributed by atoms with E-state index in [9.17, 15) is 0 Å². The standard InChI is InChI=1S/C15H16BrN/c16-11-3-4-15-13(7-11)14(8-17-15)12-6-9-1-2-10(12)5-9/h3-4,7-10,12,17H,1-2,5-6H2. The van der Waals surface area contributed by atoms with Crippen molar-refractivity contribution >= 4 is 26.8 Å². The summed E-state index contributed by atoms with van der Waals surface area (Å²) in [6.07, 6.45) is 8.08. The second-order valence-corrected chi connectivity index (χ2v) is 6.63. The van der Waals surface area contributed by atoms with Crippen molar-refractivity contribution in [3.05, 3.63) is 34.4 Å². The minimum atomic E-state index is 0.816. The first-order chi connectivity index (χ1) is 8.31. The summed E-state index contributed by atoms with van der Waals surface area (Å²) in [5.41, 5.74) is 2.85. The lowest BCUT2D eigenvalue weighted by Gasteiger charge is -2.21. The minimum absolute atomic E-state index is 0.816. The van der Waals surface area contributed by atoms with Crippen molar-refractivity contribution < 1.29 is 0 Å². The van der Waals surface area contributed by atoms with E-state index in [0.29, 0.717) is 0 Å². The highest BCUT2D eigenvalue weighted by Gasteiger charge is 2.40. The van der Waals surface area contributed by atoms with Crippen LogP contribution < -0.4 is 0 Å². The third-order valence-corrected chi connectivity index (χ3v) is 5.31. The van der Waals surface area contributed by atoms with Crippen LogP contribution in [0.1, 0.15) is 37.2 Å². The number of H-pyrrole nitrogens is 1. The van der Waals surface area contributed by atoms with Crippen molar-refractivity contribution in [2.75, 3.05) is 0 Å². The van der Waals surface area contributed by atoms with Crippen molar-refractivity contribution in [3.63, 3.8) is 0 Å². The second-order valence-electron chi connectivity index (χ2n) is 5.72. The van der Waals surface area contributed by atoms with Gasteiger partial charge in [-0.25, -0.2) is 0 Å². The summed E-state index contributed by atoms with van der Waals surface area (Å²) in [4.78, 5) is 3.43. The number of hydrogen-bond acceptors (Lipinski definition) is 0. The van der Waals surface area contributed by atoms with E-state index >= 15 is 0 Å². The molecular weight excluding hydrogens is 274 g/mol. The van der Waals surface area contributed by atoms with Crippen LogP contribution in [-0.4, -0.2) is 4.98 Å². The predicted molar refractivity (Wildman–Crippen MR) is 74.2 cm³/mol. The molecule has 88 valence electrons. The molecular formula is C15H16BrN. The van der Waals surface area contributed by atoms with Gasteiger partial charge in [0.25, 0.3) is 0 Å². The maximum absolute atomic E-state index is 3.59. The van der Waals surface area contributed by atoms with Gasteiger partial charge in [0.1, 0.15) is 0 Å². The number of hydrogen-bond donors (Lipinski definition) is 1. The van der Waals surface area contributed by atoms with Crippen molar-refractivity contribution in [2.24, 2.45) is 11.8 Å². The molecule has 3 atom stereocenters. The number of nitrogens with one attached hydrogen (secondary N) is 1. The van der Waals surface area contributed by atoms with Gasteiger partial charge in [-0.15, -0.1) is 0 Å². The first-order valence-corrected chi connectivity index (χ1v) is 7.37. The van der Waals surface area contributed by atoms with E-state index in [1.54, 1.807) is 5.56 Å². The zero-order valence-corrected chi connectivity index (χ0v) is 11.3. The first kappa shape index (κ1) is 10.2. The van der Waals surface area contributed by atoms with Gasteiger partial charge in [0.15, 0.2) is 0 Å². The fourth-order valence-corrected chi connectivity index (χ4v) is 4.41. The maximum Gasteiger partial charge on any atom is 0.0457 e.